The second-order valence-electron chi connectivity index (χ2n) is 4.26. The van der Waals surface area contributed by atoms with Crippen LogP contribution < -0.4 is 11.1 Å². The summed E-state index contributed by atoms with van der Waals surface area (Å²) < 4.78 is 0. The van der Waals surface area contributed by atoms with Crippen LogP contribution in [0.15, 0.2) is 30.3 Å². The van der Waals surface area contributed by atoms with Crippen LogP contribution in [-0.2, 0) is 0 Å². The van der Waals surface area contributed by atoms with Gasteiger partial charge in [-0.15, -0.1) is 0 Å². The van der Waals surface area contributed by atoms with Gasteiger partial charge in [-0.05, 0) is 37.8 Å². The summed E-state index contributed by atoms with van der Waals surface area (Å²) in [6, 6.07) is 10.3. The van der Waals surface area contributed by atoms with Crippen molar-refractivity contribution < 1.29 is 0 Å². The first-order valence-electron chi connectivity index (χ1n) is 5.36. The van der Waals surface area contributed by atoms with Crippen LogP contribution in [-0.4, -0.2) is 12.1 Å². The second kappa shape index (κ2) is 4.01. The average molecular weight is 190 g/mol. The molecule has 0 aliphatic heterocycles. The SMILES string of the molecule is NC1(CCNc2ccccc2)CCC1. The zero-order chi connectivity index (χ0) is 9.86. The molecule has 0 heterocycles. The number of hydrogen-bond donors (Lipinski definition) is 2. The van der Waals surface area contributed by atoms with Gasteiger partial charge >= 0.3 is 0 Å². The number of hydrogen-bond acceptors (Lipinski definition) is 2. The minimum Gasteiger partial charge on any atom is -0.385 e. The van der Waals surface area contributed by atoms with Gasteiger partial charge in [0.25, 0.3) is 0 Å². The molecule has 1 aliphatic carbocycles. The van der Waals surface area contributed by atoms with E-state index in [0.717, 1.165) is 13.0 Å². The molecule has 1 aromatic carbocycles. The summed E-state index contributed by atoms with van der Waals surface area (Å²) in [5.41, 5.74) is 7.46. The maximum absolute atomic E-state index is 6.13. The van der Waals surface area contributed by atoms with Crippen molar-refractivity contribution in [3.8, 4) is 0 Å². The van der Waals surface area contributed by atoms with Crippen molar-refractivity contribution in [1.29, 1.82) is 0 Å². The van der Waals surface area contributed by atoms with Crippen molar-refractivity contribution in [3.05, 3.63) is 30.3 Å². The average Bonchev–Trinajstić information content (AvgIpc) is 2.17. The molecule has 2 heteroatoms. The Hall–Kier alpha value is -1.02. The molecule has 2 rings (SSSR count). The highest BCUT2D eigenvalue weighted by Crippen LogP contribution is 2.31. The normalized spacial score (nSPS) is 18.6. The van der Waals surface area contributed by atoms with Crippen molar-refractivity contribution >= 4 is 5.69 Å². The van der Waals surface area contributed by atoms with E-state index in [1.165, 1.54) is 24.9 Å². The molecular formula is C12H18N2. The molecule has 0 amide bonds. The fraction of sp³-hybridized carbons (Fsp3) is 0.500. The number of para-hydroxylation sites is 1. The Bertz CT molecular complexity index is 278. The molecule has 0 spiro atoms. The van der Waals surface area contributed by atoms with E-state index in [-0.39, 0.29) is 5.54 Å². The van der Waals surface area contributed by atoms with Crippen molar-refractivity contribution in [1.82, 2.24) is 0 Å². The van der Waals surface area contributed by atoms with Gasteiger partial charge in [-0.2, -0.15) is 0 Å². The third kappa shape index (κ3) is 2.26. The standard InChI is InChI=1S/C12H18N2/c13-12(7-4-8-12)9-10-14-11-5-2-1-3-6-11/h1-3,5-6,14H,4,7-10,13H2. The smallest absolute Gasteiger partial charge is 0.0340 e. The van der Waals surface area contributed by atoms with E-state index in [1.54, 1.807) is 0 Å². The fourth-order valence-electron chi connectivity index (χ4n) is 1.89. The van der Waals surface area contributed by atoms with Gasteiger partial charge in [-0.3, -0.25) is 0 Å². The molecule has 0 atom stereocenters. The van der Waals surface area contributed by atoms with Gasteiger partial charge in [0.1, 0.15) is 0 Å². The lowest BCUT2D eigenvalue weighted by molar-refractivity contribution is 0.237. The topological polar surface area (TPSA) is 38.0 Å². The highest BCUT2D eigenvalue weighted by atomic mass is 14.9. The molecule has 3 N–H and O–H groups in total. The first kappa shape index (κ1) is 9.53. The molecule has 0 unspecified atom stereocenters. The van der Waals surface area contributed by atoms with Crippen LogP contribution in [0.3, 0.4) is 0 Å². The van der Waals surface area contributed by atoms with Crippen LogP contribution in [0.2, 0.25) is 0 Å². The number of nitrogens with one attached hydrogen (secondary N) is 1. The minimum atomic E-state index is 0.141. The maximum Gasteiger partial charge on any atom is 0.0340 e. The first-order valence-corrected chi connectivity index (χ1v) is 5.36. The van der Waals surface area contributed by atoms with Gasteiger partial charge in [-0.1, -0.05) is 18.2 Å². The Balaban J connectivity index is 1.73. The lowest BCUT2D eigenvalue weighted by atomic mass is 9.75. The molecule has 0 saturated heterocycles. The van der Waals surface area contributed by atoms with E-state index in [0.29, 0.717) is 0 Å². The third-order valence-electron chi connectivity index (χ3n) is 3.08. The van der Waals surface area contributed by atoms with E-state index in [9.17, 15) is 0 Å². The zero-order valence-corrected chi connectivity index (χ0v) is 8.50. The second-order valence-corrected chi connectivity index (χ2v) is 4.26. The van der Waals surface area contributed by atoms with Crippen molar-refractivity contribution in [2.45, 2.75) is 31.2 Å². The summed E-state index contributed by atoms with van der Waals surface area (Å²) >= 11 is 0. The third-order valence-corrected chi connectivity index (χ3v) is 3.08. The molecule has 76 valence electrons. The fourth-order valence-corrected chi connectivity index (χ4v) is 1.89. The molecule has 1 aliphatic rings. The zero-order valence-electron chi connectivity index (χ0n) is 8.50. The van der Waals surface area contributed by atoms with Crippen molar-refractivity contribution in [2.24, 2.45) is 5.73 Å². The Morgan fingerprint density at radius 2 is 1.93 bits per heavy atom. The molecular weight excluding hydrogens is 172 g/mol. The molecule has 1 aromatic rings. The molecule has 1 fully saturated rings. The molecule has 0 aromatic heterocycles. The number of rotatable bonds is 4. The monoisotopic (exact) mass is 190 g/mol. The minimum absolute atomic E-state index is 0.141. The van der Waals surface area contributed by atoms with Crippen molar-refractivity contribution in [2.75, 3.05) is 11.9 Å². The molecule has 14 heavy (non-hydrogen) atoms. The van der Waals surface area contributed by atoms with Crippen LogP contribution in [0.4, 0.5) is 5.69 Å². The lowest BCUT2D eigenvalue weighted by Crippen LogP contribution is -2.47. The molecule has 1 saturated carbocycles. The largest absolute Gasteiger partial charge is 0.385 e. The van der Waals surface area contributed by atoms with E-state index in [4.69, 9.17) is 5.73 Å². The quantitative estimate of drug-likeness (QED) is 0.765. The Morgan fingerprint density at radius 3 is 2.50 bits per heavy atom. The predicted molar refractivity (Wildman–Crippen MR) is 60.3 cm³/mol. The maximum atomic E-state index is 6.13. The van der Waals surface area contributed by atoms with E-state index < -0.39 is 0 Å². The highest BCUT2D eigenvalue weighted by Gasteiger charge is 2.31. The van der Waals surface area contributed by atoms with Gasteiger partial charge in [0.2, 0.25) is 0 Å². The van der Waals surface area contributed by atoms with Crippen LogP contribution >= 0.6 is 0 Å². The Kier molecular flexibility index (Phi) is 2.73. The Morgan fingerprint density at radius 1 is 1.21 bits per heavy atom. The van der Waals surface area contributed by atoms with Gasteiger partial charge in [-0.25, -0.2) is 0 Å². The highest BCUT2D eigenvalue weighted by molar-refractivity contribution is 5.42. The van der Waals surface area contributed by atoms with Gasteiger partial charge < -0.3 is 11.1 Å². The summed E-state index contributed by atoms with van der Waals surface area (Å²) in [6.45, 7) is 0.987. The molecule has 0 radical (unpaired) electrons. The van der Waals surface area contributed by atoms with Gasteiger partial charge in [0, 0.05) is 17.8 Å². The lowest BCUT2D eigenvalue weighted by Gasteiger charge is -2.38. The van der Waals surface area contributed by atoms with E-state index >= 15 is 0 Å². The number of anilines is 1. The summed E-state index contributed by atoms with van der Waals surface area (Å²) in [6.07, 6.45) is 4.79. The van der Waals surface area contributed by atoms with Crippen LogP contribution in [0, 0.1) is 0 Å². The summed E-state index contributed by atoms with van der Waals surface area (Å²) in [7, 11) is 0. The van der Waals surface area contributed by atoms with Crippen LogP contribution in [0.25, 0.3) is 0 Å². The van der Waals surface area contributed by atoms with Gasteiger partial charge in [0.05, 0.1) is 0 Å². The summed E-state index contributed by atoms with van der Waals surface area (Å²) in [5.74, 6) is 0. The van der Waals surface area contributed by atoms with Crippen molar-refractivity contribution in [3.63, 3.8) is 0 Å². The number of nitrogens with two attached hydrogens (primary N) is 1. The Labute approximate surface area is 85.5 Å². The molecule has 2 nitrogen and oxygen atoms in total. The number of benzene rings is 1. The van der Waals surface area contributed by atoms with E-state index in [2.05, 4.69) is 17.4 Å². The van der Waals surface area contributed by atoms with Gasteiger partial charge in [0.15, 0.2) is 0 Å². The summed E-state index contributed by atoms with van der Waals surface area (Å²) in [5, 5.41) is 3.39. The van der Waals surface area contributed by atoms with Crippen LogP contribution in [0.1, 0.15) is 25.7 Å². The summed E-state index contributed by atoms with van der Waals surface area (Å²) in [4.78, 5) is 0. The predicted octanol–water partition coefficient (Wildman–Crippen LogP) is 2.37. The van der Waals surface area contributed by atoms with Crippen LogP contribution in [0.5, 0.6) is 0 Å². The van der Waals surface area contributed by atoms with E-state index in [1.807, 2.05) is 18.2 Å². The first-order chi connectivity index (χ1) is 6.79. The molecule has 0 bridgehead atoms.